The molecule has 1 aliphatic rings. The summed E-state index contributed by atoms with van der Waals surface area (Å²) in [6, 6.07) is 9.93. The van der Waals surface area contributed by atoms with E-state index in [1.807, 2.05) is 53.0 Å². The smallest absolute Gasteiger partial charge is 0.318 e. The molecule has 4 rings (SSSR count). The first-order valence-electron chi connectivity index (χ1n) is 8.18. The molecule has 124 valence electrons. The van der Waals surface area contributed by atoms with Crippen molar-refractivity contribution in [2.24, 2.45) is 7.05 Å². The number of nitrogens with zero attached hydrogens (tertiary/aromatic N) is 5. The van der Waals surface area contributed by atoms with E-state index >= 15 is 0 Å². The molecule has 1 atom stereocenters. The SMILES string of the molecule is Cn1cccc1C1CCCN1C(=O)NCc1nnc2ccccn12. The number of amides is 2. The van der Waals surface area contributed by atoms with Crippen LogP contribution in [0.15, 0.2) is 42.7 Å². The Kier molecular flexibility index (Phi) is 3.68. The van der Waals surface area contributed by atoms with Crippen LogP contribution < -0.4 is 5.32 Å². The molecule has 3 aromatic rings. The Morgan fingerprint density at radius 1 is 1.25 bits per heavy atom. The molecule has 24 heavy (non-hydrogen) atoms. The fraction of sp³-hybridized carbons (Fsp3) is 0.353. The van der Waals surface area contributed by atoms with Gasteiger partial charge in [0, 0.05) is 31.7 Å². The molecule has 7 heteroatoms. The number of aromatic nitrogens is 4. The largest absolute Gasteiger partial charge is 0.353 e. The molecule has 0 aliphatic carbocycles. The summed E-state index contributed by atoms with van der Waals surface area (Å²) >= 11 is 0. The Balaban J connectivity index is 1.47. The van der Waals surface area contributed by atoms with Crippen LogP contribution in [0.1, 0.15) is 30.4 Å². The number of pyridine rings is 1. The van der Waals surface area contributed by atoms with Gasteiger partial charge in [0.2, 0.25) is 0 Å². The van der Waals surface area contributed by atoms with Crippen molar-refractivity contribution in [3.8, 4) is 0 Å². The first kappa shape index (κ1) is 14.7. The molecule has 2 amide bonds. The number of nitrogens with one attached hydrogen (secondary N) is 1. The average Bonchev–Trinajstić information content (AvgIpc) is 3.31. The number of likely N-dealkylation sites (tertiary alicyclic amines) is 1. The Labute approximate surface area is 139 Å². The van der Waals surface area contributed by atoms with Crippen LogP contribution in [0.5, 0.6) is 0 Å². The average molecular weight is 324 g/mol. The zero-order valence-electron chi connectivity index (χ0n) is 13.6. The first-order chi connectivity index (χ1) is 11.7. The van der Waals surface area contributed by atoms with Crippen molar-refractivity contribution in [1.29, 1.82) is 0 Å². The second kappa shape index (κ2) is 5.99. The maximum Gasteiger partial charge on any atom is 0.318 e. The third kappa shape index (κ3) is 2.51. The van der Waals surface area contributed by atoms with E-state index in [2.05, 4.69) is 26.1 Å². The van der Waals surface area contributed by atoms with Crippen molar-refractivity contribution in [2.75, 3.05) is 6.54 Å². The third-order valence-corrected chi connectivity index (χ3v) is 4.62. The van der Waals surface area contributed by atoms with Gasteiger partial charge in [-0.25, -0.2) is 4.79 Å². The van der Waals surface area contributed by atoms with Gasteiger partial charge in [-0.1, -0.05) is 6.07 Å². The molecule has 0 bridgehead atoms. The van der Waals surface area contributed by atoms with Crippen LogP contribution in [0.4, 0.5) is 4.79 Å². The third-order valence-electron chi connectivity index (χ3n) is 4.62. The standard InChI is InChI=1S/C17H20N6O/c1-21-9-4-6-13(21)14-7-5-11-22(14)17(24)18-12-16-20-19-15-8-2-3-10-23(15)16/h2-4,6,8-10,14H,5,7,11-12H2,1H3,(H,18,24). The Hall–Kier alpha value is -2.83. The Morgan fingerprint density at radius 3 is 3.00 bits per heavy atom. The lowest BCUT2D eigenvalue weighted by atomic mass is 10.1. The van der Waals surface area contributed by atoms with Crippen molar-refractivity contribution in [3.63, 3.8) is 0 Å². The molecule has 0 aromatic carbocycles. The maximum absolute atomic E-state index is 12.6. The van der Waals surface area contributed by atoms with E-state index in [1.54, 1.807) is 0 Å². The fourth-order valence-electron chi connectivity index (χ4n) is 3.41. The summed E-state index contributed by atoms with van der Waals surface area (Å²) in [4.78, 5) is 14.6. The van der Waals surface area contributed by atoms with E-state index in [1.165, 1.54) is 5.69 Å². The number of carbonyl (C=O) groups excluding carboxylic acids is 1. The number of aryl methyl sites for hydroxylation is 1. The second-order valence-electron chi connectivity index (χ2n) is 6.10. The number of carbonyl (C=O) groups is 1. The molecule has 0 radical (unpaired) electrons. The molecular formula is C17H20N6O. The van der Waals surface area contributed by atoms with Crippen LogP contribution in [-0.2, 0) is 13.6 Å². The Morgan fingerprint density at radius 2 is 2.17 bits per heavy atom. The van der Waals surface area contributed by atoms with E-state index < -0.39 is 0 Å². The molecule has 1 saturated heterocycles. The highest BCUT2D eigenvalue weighted by molar-refractivity contribution is 5.75. The summed E-state index contributed by atoms with van der Waals surface area (Å²) in [7, 11) is 2.02. The number of fused-ring (bicyclic) bond motifs is 1. The van der Waals surface area contributed by atoms with E-state index in [0.717, 1.165) is 30.9 Å². The van der Waals surface area contributed by atoms with Crippen molar-refractivity contribution in [1.82, 2.24) is 29.4 Å². The van der Waals surface area contributed by atoms with Gasteiger partial charge in [0.1, 0.15) is 0 Å². The number of hydrogen-bond donors (Lipinski definition) is 1. The van der Waals surface area contributed by atoms with E-state index in [0.29, 0.717) is 6.54 Å². The highest BCUT2D eigenvalue weighted by atomic mass is 16.2. The van der Waals surface area contributed by atoms with Gasteiger partial charge in [-0.3, -0.25) is 4.40 Å². The molecule has 1 aliphatic heterocycles. The van der Waals surface area contributed by atoms with Gasteiger partial charge < -0.3 is 14.8 Å². The zero-order valence-corrected chi connectivity index (χ0v) is 13.6. The van der Waals surface area contributed by atoms with Gasteiger partial charge in [0.15, 0.2) is 11.5 Å². The molecule has 4 heterocycles. The lowest BCUT2D eigenvalue weighted by Gasteiger charge is -2.25. The highest BCUT2D eigenvalue weighted by Crippen LogP contribution is 2.31. The van der Waals surface area contributed by atoms with E-state index in [9.17, 15) is 4.79 Å². The first-order valence-corrected chi connectivity index (χ1v) is 8.18. The summed E-state index contributed by atoms with van der Waals surface area (Å²) in [5.74, 6) is 0.730. The lowest BCUT2D eigenvalue weighted by Crippen LogP contribution is -2.39. The molecule has 1 N–H and O–H groups in total. The highest BCUT2D eigenvalue weighted by Gasteiger charge is 2.31. The van der Waals surface area contributed by atoms with Gasteiger partial charge in [-0.15, -0.1) is 10.2 Å². The summed E-state index contributed by atoms with van der Waals surface area (Å²) in [5, 5.41) is 11.2. The molecule has 0 saturated carbocycles. The van der Waals surface area contributed by atoms with Gasteiger partial charge in [-0.05, 0) is 37.1 Å². The van der Waals surface area contributed by atoms with Gasteiger partial charge in [0.25, 0.3) is 0 Å². The molecule has 7 nitrogen and oxygen atoms in total. The van der Waals surface area contributed by atoms with Gasteiger partial charge in [0.05, 0.1) is 12.6 Å². The monoisotopic (exact) mass is 324 g/mol. The van der Waals surface area contributed by atoms with Crippen molar-refractivity contribution < 1.29 is 4.79 Å². The van der Waals surface area contributed by atoms with E-state index in [4.69, 9.17) is 0 Å². The molecule has 3 aromatic heterocycles. The minimum absolute atomic E-state index is 0.0496. The topological polar surface area (TPSA) is 67.5 Å². The number of hydrogen-bond acceptors (Lipinski definition) is 3. The predicted octanol–water partition coefficient (Wildman–Crippen LogP) is 2.11. The van der Waals surface area contributed by atoms with E-state index in [-0.39, 0.29) is 12.1 Å². The second-order valence-corrected chi connectivity index (χ2v) is 6.10. The van der Waals surface area contributed by atoms with Crippen LogP contribution in [0, 0.1) is 0 Å². The predicted molar refractivity (Wildman–Crippen MR) is 89.3 cm³/mol. The fourth-order valence-corrected chi connectivity index (χ4v) is 3.41. The summed E-state index contributed by atoms with van der Waals surface area (Å²) < 4.78 is 3.97. The van der Waals surface area contributed by atoms with Crippen LogP contribution >= 0.6 is 0 Å². The van der Waals surface area contributed by atoms with Gasteiger partial charge >= 0.3 is 6.03 Å². The molecule has 0 spiro atoms. The van der Waals surface area contributed by atoms with Crippen LogP contribution in [0.3, 0.4) is 0 Å². The lowest BCUT2D eigenvalue weighted by molar-refractivity contribution is 0.190. The normalized spacial score (nSPS) is 17.5. The Bertz CT molecular complexity index is 867. The number of rotatable bonds is 3. The van der Waals surface area contributed by atoms with Crippen LogP contribution in [0.2, 0.25) is 0 Å². The summed E-state index contributed by atoms with van der Waals surface area (Å²) in [6.07, 6.45) is 5.95. The van der Waals surface area contributed by atoms with Crippen LogP contribution in [-0.4, -0.2) is 36.6 Å². The molecular weight excluding hydrogens is 304 g/mol. The summed E-state index contributed by atoms with van der Waals surface area (Å²) in [6.45, 7) is 1.14. The quantitative estimate of drug-likeness (QED) is 0.802. The van der Waals surface area contributed by atoms with Crippen molar-refractivity contribution in [2.45, 2.75) is 25.4 Å². The zero-order chi connectivity index (χ0) is 16.5. The summed E-state index contributed by atoms with van der Waals surface area (Å²) in [5.41, 5.74) is 1.96. The molecule has 1 fully saturated rings. The van der Waals surface area contributed by atoms with Crippen LogP contribution in [0.25, 0.3) is 5.65 Å². The number of urea groups is 1. The van der Waals surface area contributed by atoms with Gasteiger partial charge in [-0.2, -0.15) is 0 Å². The maximum atomic E-state index is 12.6. The minimum atomic E-state index is -0.0496. The molecule has 1 unspecified atom stereocenters. The van der Waals surface area contributed by atoms with Crippen molar-refractivity contribution in [3.05, 3.63) is 54.2 Å². The minimum Gasteiger partial charge on any atom is -0.353 e. The van der Waals surface area contributed by atoms with Crippen molar-refractivity contribution >= 4 is 11.7 Å².